The third-order valence-electron chi connectivity index (χ3n) is 7.82. The fraction of sp³-hybridized carbons (Fsp3) is 1.00. The lowest BCUT2D eigenvalue weighted by atomic mass is 9.80. The van der Waals surface area contributed by atoms with Crippen molar-refractivity contribution in [2.75, 3.05) is 45.9 Å². The molecule has 2 aliphatic carbocycles. The van der Waals surface area contributed by atoms with E-state index in [0.29, 0.717) is 6.10 Å². The zero-order valence-electron chi connectivity index (χ0n) is 19.6. The lowest BCUT2D eigenvalue weighted by molar-refractivity contribution is -0.0110. The van der Waals surface area contributed by atoms with Crippen molar-refractivity contribution >= 4 is 0 Å². The Morgan fingerprint density at radius 1 is 0.571 bits per heavy atom. The van der Waals surface area contributed by atoms with Crippen LogP contribution in [0.3, 0.4) is 0 Å². The van der Waals surface area contributed by atoms with Crippen molar-refractivity contribution in [2.24, 2.45) is 17.8 Å². The van der Waals surface area contributed by atoms with Crippen molar-refractivity contribution in [2.45, 2.75) is 98.0 Å². The minimum atomic E-state index is 0.560. The predicted octanol–water partition coefficient (Wildman–Crippen LogP) is 5.83. The van der Waals surface area contributed by atoms with Gasteiger partial charge in [0.25, 0.3) is 0 Å². The molecule has 0 bridgehead atoms. The summed E-state index contributed by atoms with van der Waals surface area (Å²) in [6.45, 7) is 17.6. The second-order valence-corrected chi connectivity index (χ2v) is 9.49. The smallest absolute Gasteiger partial charge is 0.0575 e. The minimum Gasteiger partial charge on any atom is -0.378 e. The molecular formula is C25H50N2O. The molecule has 0 spiro atoms. The molecule has 28 heavy (non-hydrogen) atoms. The average molecular weight is 395 g/mol. The van der Waals surface area contributed by atoms with E-state index in [9.17, 15) is 0 Å². The van der Waals surface area contributed by atoms with Crippen LogP contribution >= 0.6 is 0 Å². The molecule has 166 valence electrons. The third kappa shape index (κ3) is 8.71. The highest BCUT2D eigenvalue weighted by molar-refractivity contribution is 4.77. The lowest BCUT2D eigenvalue weighted by Gasteiger charge is -2.33. The summed E-state index contributed by atoms with van der Waals surface area (Å²) in [5.74, 6) is 2.75. The first-order chi connectivity index (χ1) is 13.7. The van der Waals surface area contributed by atoms with Gasteiger partial charge >= 0.3 is 0 Å². The Labute approximate surface area is 176 Å². The Morgan fingerprint density at radius 2 is 0.964 bits per heavy atom. The topological polar surface area (TPSA) is 15.7 Å². The van der Waals surface area contributed by atoms with E-state index in [0.717, 1.165) is 24.4 Å². The van der Waals surface area contributed by atoms with Gasteiger partial charge in [-0.3, -0.25) is 0 Å². The fourth-order valence-electron chi connectivity index (χ4n) is 5.36. The maximum Gasteiger partial charge on any atom is 0.0575 e. The van der Waals surface area contributed by atoms with E-state index in [1.807, 2.05) is 0 Å². The first-order valence-electron chi connectivity index (χ1n) is 12.7. The molecule has 0 heterocycles. The molecule has 0 N–H and O–H groups in total. The predicted molar refractivity (Wildman–Crippen MR) is 122 cm³/mol. The second-order valence-electron chi connectivity index (χ2n) is 9.49. The molecule has 3 heteroatoms. The summed E-state index contributed by atoms with van der Waals surface area (Å²) >= 11 is 0. The summed E-state index contributed by atoms with van der Waals surface area (Å²) in [7, 11) is 0. The Balaban J connectivity index is 1.52. The maximum atomic E-state index is 6.39. The van der Waals surface area contributed by atoms with Crippen molar-refractivity contribution < 1.29 is 4.74 Å². The van der Waals surface area contributed by atoms with E-state index in [4.69, 9.17) is 4.74 Å². The van der Waals surface area contributed by atoms with Gasteiger partial charge in [-0.1, -0.05) is 40.5 Å². The largest absolute Gasteiger partial charge is 0.378 e. The Hall–Kier alpha value is -0.120. The second kappa shape index (κ2) is 14.0. The summed E-state index contributed by atoms with van der Waals surface area (Å²) in [6, 6.07) is 0. The molecule has 2 rings (SSSR count). The monoisotopic (exact) mass is 394 g/mol. The fourth-order valence-corrected chi connectivity index (χ4v) is 5.36. The minimum absolute atomic E-state index is 0.560. The molecule has 0 atom stereocenters. The van der Waals surface area contributed by atoms with Crippen LogP contribution < -0.4 is 0 Å². The number of nitrogens with zero attached hydrogens (tertiary/aromatic N) is 2. The molecule has 0 amide bonds. The van der Waals surface area contributed by atoms with Gasteiger partial charge in [0.05, 0.1) is 6.10 Å². The normalized spacial score (nSPS) is 28.9. The van der Waals surface area contributed by atoms with Crippen LogP contribution in [0, 0.1) is 17.8 Å². The first kappa shape index (κ1) is 24.2. The Morgan fingerprint density at radius 3 is 1.39 bits per heavy atom. The van der Waals surface area contributed by atoms with E-state index in [1.165, 1.54) is 103 Å². The van der Waals surface area contributed by atoms with Gasteiger partial charge in [-0.25, -0.2) is 0 Å². The molecule has 0 aliphatic heterocycles. The van der Waals surface area contributed by atoms with Crippen molar-refractivity contribution in [1.82, 2.24) is 9.80 Å². The van der Waals surface area contributed by atoms with Crippen molar-refractivity contribution in [3.8, 4) is 0 Å². The van der Waals surface area contributed by atoms with Crippen molar-refractivity contribution in [3.05, 3.63) is 0 Å². The highest BCUT2D eigenvalue weighted by Crippen LogP contribution is 2.33. The standard InChI is InChI=1S/C25H50N2O/c1-5-26(6-2)19-17-22-9-11-24(12-10-22)21-28-25-15-13-23(14-16-25)18-20-27(7-3)8-4/h22-25H,5-21H2,1-4H3. The summed E-state index contributed by atoms with van der Waals surface area (Å²) in [5, 5.41) is 0. The molecule has 0 aromatic heterocycles. The molecule has 2 aliphatic rings. The average Bonchev–Trinajstić information content (AvgIpc) is 2.75. The molecule has 0 aromatic rings. The van der Waals surface area contributed by atoms with Gasteiger partial charge in [0.2, 0.25) is 0 Å². The van der Waals surface area contributed by atoms with Crippen LogP contribution in [0.5, 0.6) is 0 Å². The summed E-state index contributed by atoms with van der Waals surface area (Å²) in [4.78, 5) is 5.15. The van der Waals surface area contributed by atoms with E-state index >= 15 is 0 Å². The first-order valence-corrected chi connectivity index (χ1v) is 12.7. The number of ether oxygens (including phenoxy) is 1. The van der Waals surface area contributed by atoms with Crippen LogP contribution in [0.1, 0.15) is 91.9 Å². The van der Waals surface area contributed by atoms with Gasteiger partial charge in [0.1, 0.15) is 0 Å². The van der Waals surface area contributed by atoms with Crippen LogP contribution in [0.15, 0.2) is 0 Å². The quantitative estimate of drug-likeness (QED) is 0.391. The Kier molecular flexibility index (Phi) is 12.1. The summed E-state index contributed by atoms with van der Waals surface area (Å²) < 4.78 is 6.39. The molecular weight excluding hydrogens is 344 g/mol. The van der Waals surface area contributed by atoms with Crippen LogP contribution in [0.25, 0.3) is 0 Å². The SMILES string of the molecule is CCN(CC)CCC1CCC(COC2CCC(CCN(CC)CC)CC2)CC1. The van der Waals surface area contributed by atoms with Gasteiger partial charge in [0.15, 0.2) is 0 Å². The van der Waals surface area contributed by atoms with Gasteiger partial charge < -0.3 is 14.5 Å². The van der Waals surface area contributed by atoms with Gasteiger partial charge in [-0.15, -0.1) is 0 Å². The van der Waals surface area contributed by atoms with E-state index in [-0.39, 0.29) is 0 Å². The molecule has 2 saturated carbocycles. The number of hydrogen-bond donors (Lipinski definition) is 0. The summed E-state index contributed by atoms with van der Waals surface area (Å²) in [6.07, 6.45) is 14.5. The van der Waals surface area contributed by atoms with Gasteiger partial charge in [-0.05, 0) is 108 Å². The highest BCUT2D eigenvalue weighted by atomic mass is 16.5. The lowest BCUT2D eigenvalue weighted by Crippen LogP contribution is -2.29. The van der Waals surface area contributed by atoms with E-state index < -0.39 is 0 Å². The highest BCUT2D eigenvalue weighted by Gasteiger charge is 2.25. The van der Waals surface area contributed by atoms with Crippen LogP contribution in [0.4, 0.5) is 0 Å². The van der Waals surface area contributed by atoms with Crippen LogP contribution in [-0.4, -0.2) is 61.8 Å². The molecule has 0 radical (unpaired) electrons. The van der Waals surface area contributed by atoms with E-state index in [2.05, 4.69) is 37.5 Å². The number of rotatable bonds is 13. The maximum absolute atomic E-state index is 6.39. The Bertz CT molecular complexity index is 329. The van der Waals surface area contributed by atoms with Crippen molar-refractivity contribution in [3.63, 3.8) is 0 Å². The zero-order valence-corrected chi connectivity index (χ0v) is 19.6. The molecule has 0 saturated heterocycles. The van der Waals surface area contributed by atoms with E-state index in [1.54, 1.807) is 0 Å². The van der Waals surface area contributed by atoms with Crippen molar-refractivity contribution in [1.29, 1.82) is 0 Å². The van der Waals surface area contributed by atoms with Gasteiger partial charge in [0, 0.05) is 6.61 Å². The van der Waals surface area contributed by atoms with Crippen LogP contribution in [0.2, 0.25) is 0 Å². The summed E-state index contributed by atoms with van der Waals surface area (Å²) in [5.41, 5.74) is 0. The molecule has 0 unspecified atom stereocenters. The zero-order chi connectivity index (χ0) is 20.2. The molecule has 3 nitrogen and oxygen atoms in total. The molecule has 0 aromatic carbocycles. The third-order valence-corrected chi connectivity index (χ3v) is 7.82. The van der Waals surface area contributed by atoms with Crippen LogP contribution in [-0.2, 0) is 4.74 Å². The van der Waals surface area contributed by atoms with Gasteiger partial charge in [-0.2, -0.15) is 0 Å². The number of hydrogen-bond acceptors (Lipinski definition) is 3. The molecule has 2 fully saturated rings.